The van der Waals surface area contributed by atoms with E-state index in [-0.39, 0.29) is 18.0 Å². The summed E-state index contributed by atoms with van der Waals surface area (Å²) in [6.07, 6.45) is 2.61. The number of carbonyl (C=O) groups is 1. The standard InChI is InChI=1S/C17H13BrN2O5/c1-10-6-12(3-4-13(10)18)19-17(21)5-2-11-7-15-16(25-9-24-15)8-14(11)20(22)23/h2-8H,9H2,1H3,(H,19,21)/b5-2+. The van der Waals surface area contributed by atoms with E-state index in [1.807, 2.05) is 19.1 Å². The fraction of sp³-hybridized carbons (Fsp3) is 0.118. The highest BCUT2D eigenvalue weighted by molar-refractivity contribution is 9.10. The van der Waals surface area contributed by atoms with Crippen molar-refractivity contribution in [3.8, 4) is 11.5 Å². The summed E-state index contributed by atoms with van der Waals surface area (Å²) in [6.45, 7) is 1.93. The second-order valence-corrected chi connectivity index (χ2v) is 6.16. The molecular formula is C17H13BrN2O5. The van der Waals surface area contributed by atoms with Crippen LogP contribution in [0.4, 0.5) is 11.4 Å². The first-order valence-electron chi connectivity index (χ1n) is 7.27. The third kappa shape index (κ3) is 3.80. The molecule has 2 aromatic rings. The molecule has 1 aliphatic heterocycles. The monoisotopic (exact) mass is 404 g/mol. The van der Waals surface area contributed by atoms with Crippen molar-refractivity contribution in [3.05, 3.63) is 62.1 Å². The zero-order chi connectivity index (χ0) is 18.0. The zero-order valence-corrected chi connectivity index (χ0v) is 14.7. The topological polar surface area (TPSA) is 90.7 Å². The van der Waals surface area contributed by atoms with Crippen LogP contribution in [0.1, 0.15) is 11.1 Å². The van der Waals surface area contributed by atoms with Crippen LogP contribution in [0.5, 0.6) is 11.5 Å². The van der Waals surface area contributed by atoms with E-state index < -0.39 is 10.8 Å². The zero-order valence-electron chi connectivity index (χ0n) is 13.1. The van der Waals surface area contributed by atoms with Gasteiger partial charge in [0.1, 0.15) is 0 Å². The van der Waals surface area contributed by atoms with Gasteiger partial charge in [0.05, 0.1) is 16.6 Å². The number of nitrogens with one attached hydrogen (secondary N) is 1. The molecule has 0 fully saturated rings. The first kappa shape index (κ1) is 17.0. The Morgan fingerprint density at radius 3 is 2.68 bits per heavy atom. The van der Waals surface area contributed by atoms with E-state index in [9.17, 15) is 14.9 Å². The molecule has 1 heterocycles. The van der Waals surface area contributed by atoms with E-state index in [4.69, 9.17) is 9.47 Å². The first-order valence-corrected chi connectivity index (χ1v) is 8.06. The molecular weight excluding hydrogens is 392 g/mol. The van der Waals surface area contributed by atoms with Gasteiger partial charge in [-0.2, -0.15) is 0 Å². The Labute approximate surface area is 151 Å². The van der Waals surface area contributed by atoms with Crippen molar-refractivity contribution in [2.24, 2.45) is 0 Å². The minimum Gasteiger partial charge on any atom is -0.454 e. The summed E-state index contributed by atoms with van der Waals surface area (Å²) in [5.41, 5.74) is 1.72. The summed E-state index contributed by atoms with van der Waals surface area (Å²) in [5.74, 6) is 0.335. The van der Waals surface area contributed by atoms with Crippen LogP contribution in [0, 0.1) is 17.0 Å². The number of nitrogens with zero attached hydrogens (tertiary/aromatic N) is 1. The highest BCUT2D eigenvalue weighted by Gasteiger charge is 2.22. The molecule has 0 saturated carbocycles. The lowest BCUT2D eigenvalue weighted by molar-refractivity contribution is -0.385. The minimum atomic E-state index is -0.530. The highest BCUT2D eigenvalue weighted by Crippen LogP contribution is 2.38. The Morgan fingerprint density at radius 1 is 1.28 bits per heavy atom. The number of fused-ring (bicyclic) bond motifs is 1. The summed E-state index contributed by atoms with van der Waals surface area (Å²) in [6, 6.07) is 8.17. The number of carbonyl (C=O) groups excluding carboxylic acids is 1. The minimum absolute atomic E-state index is 0.0169. The summed E-state index contributed by atoms with van der Waals surface area (Å²) in [5, 5.41) is 13.9. The van der Waals surface area contributed by atoms with Crippen molar-refractivity contribution in [3.63, 3.8) is 0 Å². The van der Waals surface area contributed by atoms with Gasteiger partial charge < -0.3 is 14.8 Å². The molecule has 0 atom stereocenters. The van der Waals surface area contributed by atoms with Crippen LogP contribution in [0.3, 0.4) is 0 Å². The summed E-state index contributed by atoms with van der Waals surface area (Å²) < 4.78 is 11.3. The van der Waals surface area contributed by atoms with Crippen LogP contribution in [-0.2, 0) is 4.79 Å². The van der Waals surface area contributed by atoms with Gasteiger partial charge in [0, 0.05) is 16.2 Å². The summed E-state index contributed by atoms with van der Waals surface area (Å²) in [7, 11) is 0. The molecule has 128 valence electrons. The van der Waals surface area contributed by atoms with E-state index in [1.165, 1.54) is 24.3 Å². The van der Waals surface area contributed by atoms with Gasteiger partial charge >= 0.3 is 0 Å². The first-order chi connectivity index (χ1) is 11.9. The molecule has 1 N–H and O–H groups in total. The SMILES string of the molecule is Cc1cc(NC(=O)/C=C/c2cc3c(cc2[N+](=O)[O-])OCO3)ccc1Br. The third-order valence-electron chi connectivity index (χ3n) is 3.56. The molecule has 0 aliphatic carbocycles. The van der Waals surface area contributed by atoms with Crippen molar-refractivity contribution in [1.82, 2.24) is 0 Å². The molecule has 0 saturated heterocycles. The maximum Gasteiger partial charge on any atom is 0.280 e. The quantitative estimate of drug-likeness (QED) is 0.471. The molecule has 1 aliphatic rings. The van der Waals surface area contributed by atoms with Crippen LogP contribution in [0.2, 0.25) is 0 Å². The Hall–Kier alpha value is -2.87. The molecule has 0 radical (unpaired) electrons. The number of nitro groups is 1. The largest absolute Gasteiger partial charge is 0.454 e. The van der Waals surface area contributed by atoms with Crippen molar-refractivity contribution >= 4 is 39.3 Å². The molecule has 7 nitrogen and oxygen atoms in total. The average molecular weight is 405 g/mol. The third-order valence-corrected chi connectivity index (χ3v) is 4.45. The highest BCUT2D eigenvalue weighted by atomic mass is 79.9. The lowest BCUT2D eigenvalue weighted by Crippen LogP contribution is -2.07. The molecule has 0 spiro atoms. The maximum absolute atomic E-state index is 12.1. The molecule has 0 bridgehead atoms. The number of amides is 1. The molecule has 25 heavy (non-hydrogen) atoms. The van der Waals surface area contributed by atoms with Crippen LogP contribution in [0.25, 0.3) is 6.08 Å². The number of benzene rings is 2. The number of ether oxygens (including phenoxy) is 2. The van der Waals surface area contributed by atoms with Gasteiger partial charge in [-0.1, -0.05) is 15.9 Å². The van der Waals surface area contributed by atoms with Crippen molar-refractivity contribution in [2.45, 2.75) is 6.92 Å². The maximum atomic E-state index is 12.1. The van der Waals surface area contributed by atoms with Crippen molar-refractivity contribution in [1.29, 1.82) is 0 Å². The fourth-order valence-corrected chi connectivity index (χ4v) is 2.56. The molecule has 8 heteroatoms. The van der Waals surface area contributed by atoms with Crippen LogP contribution in [0.15, 0.2) is 40.9 Å². The van der Waals surface area contributed by atoms with Gasteiger partial charge in [0.2, 0.25) is 12.7 Å². The lowest BCUT2D eigenvalue weighted by Gasteiger charge is -2.05. The fourth-order valence-electron chi connectivity index (χ4n) is 2.31. The Morgan fingerprint density at radius 2 is 2.00 bits per heavy atom. The van der Waals surface area contributed by atoms with E-state index in [1.54, 1.807) is 6.07 Å². The second-order valence-electron chi connectivity index (χ2n) is 5.31. The van der Waals surface area contributed by atoms with Gasteiger partial charge in [0.25, 0.3) is 5.69 Å². The molecule has 3 rings (SSSR count). The van der Waals surface area contributed by atoms with E-state index >= 15 is 0 Å². The Kier molecular flexibility index (Phi) is 4.71. The van der Waals surface area contributed by atoms with Gasteiger partial charge in [-0.15, -0.1) is 0 Å². The molecule has 0 unspecified atom stereocenters. The predicted molar refractivity (Wildman–Crippen MR) is 95.8 cm³/mol. The van der Waals surface area contributed by atoms with Crippen LogP contribution < -0.4 is 14.8 Å². The Balaban J connectivity index is 1.80. The van der Waals surface area contributed by atoms with Gasteiger partial charge in [-0.25, -0.2) is 0 Å². The number of rotatable bonds is 4. The van der Waals surface area contributed by atoms with Gasteiger partial charge in [0.15, 0.2) is 11.5 Å². The molecule has 2 aromatic carbocycles. The lowest BCUT2D eigenvalue weighted by atomic mass is 10.1. The molecule has 0 aromatic heterocycles. The van der Waals surface area contributed by atoms with Gasteiger partial charge in [-0.3, -0.25) is 14.9 Å². The normalized spacial score (nSPS) is 12.4. The number of halogens is 1. The predicted octanol–water partition coefficient (Wildman–Crippen LogP) is 4.05. The number of nitro benzene ring substituents is 1. The number of aryl methyl sites for hydroxylation is 1. The smallest absolute Gasteiger partial charge is 0.280 e. The average Bonchev–Trinajstić information content (AvgIpc) is 3.02. The molecule has 1 amide bonds. The van der Waals surface area contributed by atoms with Crippen LogP contribution in [-0.4, -0.2) is 17.6 Å². The van der Waals surface area contributed by atoms with E-state index in [0.29, 0.717) is 17.2 Å². The van der Waals surface area contributed by atoms with Crippen LogP contribution >= 0.6 is 15.9 Å². The van der Waals surface area contributed by atoms with Gasteiger partial charge in [-0.05, 0) is 42.8 Å². The number of hydrogen-bond donors (Lipinski definition) is 1. The Bertz CT molecular complexity index is 895. The number of anilines is 1. The van der Waals surface area contributed by atoms with Crippen molar-refractivity contribution in [2.75, 3.05) is 12.1 Å². The summed E-state index contributed by atoms with van der Waals surface area (Å²) in [4.78, 5) is 22.7. The van der Waals surface area contributed by atoms with Crippen molar-refractivity contribution < 1.29 is 19.2 Å². The number of hydrogen-bond acceptors (Lipinski definition) is 5. The van der Waals surface area contributed by atoms with E-state index in [2.05, 4.69) is 21.2 Å². The second kappa shape index (κ2) is 6.94. The summed E-state index contributed by atoms with van der Waals surface area (Å²) >= 11 is 3.39. The van der Waals surface area contributed by atoms with E-state index in [0.717, 1.165) is 10.0 Å².